The summed E-state index contributed by atoms with van der Waals surface area (Å²) in [5, 5.41) is 0. The van der Waals surface area contributed by atoms with E-state index in [4.69, 9.17) is 10.7 Å². The molecule has 0 aliphatic rings. The van der Waals surface area contributed by atoms with Crippen LogP contribution in [0.4, 0.5) is 0 Å². The van der Waals surface area contributed by atoms with Crippen LogP contribution in [0.25, 0.3) is 0 Å². The molecular formula is C6H4ClNO3S. The molecule has 0 aliphatic carbocycles. The molecule has 64 valence electrons. The van der Waals surface area contributed by atoms with E-state index in [1.165, 1.54) is 12.1 Å². The molecule has 6 heteroatoms. The minimum atomic E-state index is -3.73. The molecule has 0 atom stereocenters. The van der Waals surface area contributed by atoms with Gasteiger partial charge in [-0.3, -0.25) is 9.78 Å². The zero-order chi connectivity index (χ0) is 9.19. The van der Waals surface area contributed by atoms with E-state index in [-0.39, 0.29) is 10.6 Å². The fourth-order valence-electron chi connectivity index (χ4n) is 0.606. The van der Waals surface area contributed by atoms with Crippen LogP contribution < -0.4 is 0 Å². The van der Waals surface area contributed by atoms with Gasteiger partial charge >= 0.3 is 0 Å². The number of pyridine rings is 1. The van der Waals surface area contributed by atoms with Crippen molar-refractivity contribution in [2.24, 2.45) is 0 Å². The monoisotopic (exact) mass is 205 g/mol. The Kier molecular flexibility index (Phi) is 2.44. The van der Waals surface area contributed by atoms with Gasteiger partial charge in [-0.25, -0.2) is 8.42 Å². The second kappa shape index (κ2) is 3.20. The van der Waals surface area contributed by atoms with Crippen molar-refractivity contribution < 1.29 is 13.2 Å². The number of carbonyl (C=O) groups excluding carboxylic acids is 1. The largest absolute Gasteiger partial charge is 0.296 e. The quantitative estimate of drug-likeness (QED) is 0.530. The first-order valence-corrected chi connectivity index (χ1v) is 5.21. The molecule has 1 heterocycles. The van der Waals surface area contributed by atoms with Gasteiger partial charge in [0.05, 0.1) is 0 Å². The normalized spacial score (nSPS) is 11.1. The van der Waals surface area contributed by atoms with Gasteiger partial charge in [-0.05, 0) is 12.1 Å². The van der Waals surface area contributed by atoms with E-state index in [0.717, 1.165) is 6.20 Å². The third kappa shape index (κ3) is 2.02. The molecule has 0 saturated carbocycles. The summed E-state index contributed by atoms with van der Waals surface area (Å²) < 4.78 is 21.3. The van der Waals surface area contributed by atoms with E-state index in [1.807, 2.05) is 0 Å². The standard InChI is InChI=1S/C6H4ClNO3S/c7-12(10,11)6-2-1-5(4-9)8-3-6/h1-4H. The predicted octanol–water partition coefficient (Wildman–Crippen LogP) is 0.822. The first-order chi connectivity index (χ1) is 5.54. The SMILES string of the molecule is O=Cc1ccc(S(=O)(=O)Cl)cn1. The minimum Gasteiger partial charge on any atom is -0.296 e. The summed E-state index contributed by atoms with van der Waals surface area (Å²) >= 11 is 0. The molecule has 0 aliphatic heterocycles. The van der Waals surface area contributed by atoms with Crippen molar-refractivity contribution in [2.75, 3.05) is 0 Å². The van der Waals surface area contributed by atoms with Gasteiger partial charge in [0.2, 0.25) is 0 Å². The maximum atomic E-state index is 10.7. The van der Waals surface area contributed by atoms with Gasteiger partial charge in [-0.2, -0.15) is 0 Å². The number of nitrogens with zero attached hydrogens (tertiary/aromatic N) is 1. The Hall–Kier alpha value is -0.940. The Morgan fingerprint density at radius 2 is 2.08 bits per heavy atom. The molecule has 0 amide bonds. The van der Waals surface area contributed by atoms with Crippen LogP contribution in [0.1, 0.15) is 10.5 Å². The second-order valence-corrected chi connectivity index (χ2v) is 4.54. The van der Waals surface area contributed by atoms with Gasteiger partial charge in [0, 0.05) is 16.9 Å². The lowest BCUT2D eigenvalue weighted by atomic mass is 10.4. The van der Waals surface area contributed by atoms with Crippen LogP contribution in [0.15, 0.2) is 23.2 Å². The molecule has 0 N–H and O–H groups in total. The van der Waals surface area contributed by atoms with Crippen molar-refractivity contribution in [3.63, 3.8) is 0 Å². The summed E-state index contributed by atoms with van der Waals surface area (Å²) in [5.74, 6) is 0. The van der Waals surface area contributed by atoms with Gasteiger partial charge in [-0.15, -0.1) is 0 Å². The summed E-state index contributed by atoms with van der Waals surface area (Å²) in [6.07, 6.45) is 1.55. The molecule has 0 bridgehead atoms. The molecule has 0 fully saturated rings. The van der Waals surface area contributed by atoms with Gasteiger partial charge in [0.25, 0.3) is 9.05 Å². The summed E-state index contributed by atoms with van der Waals surface area (Å²) in [4.78, 5) is 13.5. The topological polar surface area (TPSA) is 64.1 Å². The summed E-state index contributed by atoms with van der Waals surface area (Å²) in [7, 11) is 1.26. The Bertz CT molecular complexity index is 384. The van der Waals surface area contributed by atoms with Crippen LogP contribution in [-0.2, 0) is 9.05 Å². The van der Waals surface area contributed by atoms with Crippen LogP contribution in [-0.4, -0.2) is 19.7 Å². The van der Waals surface area contributed by atoms with Crippen molar-refractivity contribution in [3.05, 3.63) is 24.0 Å². The number of hydrogen-bond donors (Lipinski definition) is 0. The fourth-order valence-corrected chi connectivity index (χ4v) is 1.29. The number of aldehydes is 1. The summed E-state index contributed by atoms with van der Waals surface area (Å²) in [5.41, 5.74) is 0.166. The van der Waals surface area contributed by atoms with Crippen LogP contribution >= 0.6 is 10.7 Å². The fraction of sp³-hybridized carbons (Fsp3) is 0. The van der Waals surface area contributed by atoms with Crippen LogP contribution in [0, 0.1) is 0 Å². The highest BCUT2D eigenvalue weighted by molar-refractivity contribution is 8.13. The Labute approximate surface area is 73.6 Å². The molecule has 4 nitrogen and oxygen atoms in total. The lowest BCUT2D eigenvalue weighted by Gasteiger charge is -1.93. The molecule has 0 radical (unpaired) electrons. The molecule has 0 unspecified atom stereocenters. The smallest absolute Gasteiger partial charge is 0.262 e. The minimum absolute atomic E-state index is 0.116. The first kappa shape index (κ1) is 9.15. The Morgan fingerprint density at radius 1 is 1.42 bits per heavy atom. The van der Waals surface area contributed by atoms with E-state index >= 15 is 0 Å². The van der Waals surface area contributed by atoms with Crippen molar-refractivity contribution in [1.29, 1.82) is 0 Å². The number of carbonyl (C=O) groups is 1. The molecule has 1 aromatic rings. The highest BCUT2D eigenvalue weighted by atomic mass is 35.7. The molecule has 1 rings (SSSR count). The van der Waals surface area contributed by atoms with Crippen LogP contribution in [0.5, 0.6) is 0 Å². The van der Waals surface area contributed by atoms with Crippen molar-refractivity contribution in [2.45, 2.75) is 4.90 Å². The lowest BCUT2D eigenvalue weighted by Crippen LogP contribution is -1.93. The second-order valence-electron chi connectivity index (χ2n) is 1.97. The third-order valence-corrected chi connectivity index (χ3v) is 2.50. The van der Waals surface area contributed by atoms with E-state index in [9.17, 15) is 13.2 Å². The third-order valence-electron chi connectivity index (χ3n) is 1.16. The number of aromatic nitrogens is 1. The van der Waals surface area contributed by atoms with E-state index in [1.54, 1.807) is 0 Å². The van der Waals surface area contributed by atoms with Crippen molar-refractivity contribution >= 4 is 26.0 Å². The maximum absolute atomic E-state index is 10.7. The zero-order valence-corrected chi connectivity index (χ0v) is 7.34. The number of rotatable bonds is 2. The highest BCUT2D eigenvalue weighted by Gasteiger charge is 2.09. The molecule has 0 aromatic carbocycles. The van der Waals surface area contributed by atoms with Crippen molar-refractivity contribution in [1.82, 2.24) is 4.98 Å². The molecule has 0 saturated heterocycles. The van der Waals surface area contributed by atoms with Gasteiger partial charge in [0.1, 0.15) is 10.6 Å². The lowest BCUT2D eigenvalue weighted by molar-refractivity contribution is 0.111. The van der Waals surface area contributed by atoms with Gasteiger partial charge in [0.15, 0.2) is 6.29 Å². The van der Waals surface area contributed by atoms with E-state index in [0.29, 0.717) is 6.29 Å². The predicted molar refractivity (Wildman–Crippen MR) is 42.7 cm³/mol. The number of halogens is 1. The van der Waals surface area contributed by atoms with Gasteiger partial charge < -0.3 is 0 Å². The van der Waals surface area contributed by atoms with Gasteiger partial charge in [-0.1, -0.05) is 0 Å². The van der Waals surface area contributed by atoms with Crippen LogP contribution in [0.2, 0.25) is 0 Å². The average molecular weight is 206 g/mol. The molecule has 12 heavy (non-hydrogen) atoms. The Balaban J connectivity index is 3.17. The van der Waals surface area contributed by atoms with E-state index < -0.39 is 9.05 Å². The first-order valence-electron chi connectivity index (χ1n) is 2.90. The van der Waals surface area contributed by atoms with Crippen molar-refractivity contribution in [3.8, 4) is 0 Å². The van der Waals surface area contributed by atoms with E-state index in [2.05, 4.69) is 4.98 Å². The molecule has 0 spiro atoms. The summed E-state index contributed by atoms with van der Waals surface area (Å²) in [6, 6.07) is 2.50. The number of hydrogen-bond acceptors (Lipinski definition) is 4. The Morgan fingerprint density at radius 3 is 2.42 bits per heavy atom. The molecule has 1 aromatic heterocycles. The van der Waals surface area contributed by atoms with Crippen LogP contribution in [0.3, 0.4) is 0 Å². The zero-order valence-electron chi connectivity index (χ0n) is 5.77. The highest BCUT2D eigenvalue weighted by Crippen LogP contribution is 2.12. The average Bonchev–Trinajstić information content (AvgIpc) is 2.03. The maximum Gasteiger partial charge on any atom is 0.262 e. The summed E-state index contributed by atoms with van der Waals surface area (Å²) in [6.45, 7) is 0. The molecular weight excluding hydrogens is 202 g/mol.